The van der Waals surface area contributed by atoms with Gasteiger partial charge in [-0.15, -0.1) is 0 Å². The van der Waals surface area contributed by atoms with Gasteiger partial charge in [-0.3, -0.25) is 0 Å². The third-order valence-electron chi connectivity index (χ3n) is 3.25. The van der Waals surface area contributed by atoms with Crippen LogP contribution in [-0.4, -0.2) is 32.4 Å². The Hall–Kier alpha value is -1.75. The number of anilines is 1. The molecule has 0 spiro atoms. The van der Waals surface area contributed by atoms with Crippen LogP contribution in [-0.2, 0) is 4.74 Å². The van der Waals surface area contributed by atoms with Gasteiger partial charge in [-0.2, -0.15) is 0 Å². The van der Waals surface area contributed by atoms with Crippen LogP contribution in [0.2, 0.25) is 0 Å². The number of benzene rings is 1. The molecule has 0 bridgehead atoms. The first-order valence-corrected chi connectivity index (χ1v) is 7.40. The van der Waals surface area contributed by atoms with E-state index >= 15 is 0 Å². The van der Waals surface area contributed by atoms with Gasteiger partial charge in [0.05, 0.1) is 12.3 Å². The van der Waals surface area contributed by atoms with Crippen LogP contribution in [0, 0.1) is 6.92 Å². The molecule has 0 aliphatic heterocycles. The van der Waals surface area contributed by atoms with Crippen molar-refractivity contribution >= 4 is 11.7 Å². The lowest BCUT2D eigenvalue weighted by Crippen LogP contribution is -2.37. The lowest BCUT2D eigenvalue weighted by Gasteiger charge is -2.17. The van der Waals surface area contributed by atoms with E-state index in [0.29, 0.717) is 24.7 Å². The molecule has 5 nitrogen and oxygen atoms in total. The van der Waals surface area contributed by atoms with E-state index < -0.39 is 0 Å². The van der Waals surface area contributed by atoms with E-state index in [1.807, 2.05) is 25.1 Å². The van der Waals surface area contributed by atoms with Gasteiger partial charge in [0, 0.05) is 13.2 Å². The second kappa shape index (κ2) is 9.23. The van der Waals surface area contributed by atoms with Crippen molar-refractivity contribution in [2.75, 3.05) is 25.6 Å². The Bertz CT molecular complexity index is 445. The number of carbonyl (C=O) groups excluding carboxylic acids is 1. The summed E-state index contributed by atoms with van der Waals surface area (Å²) in [5.74, 6) is 0.659. The molecule has 2 N–H and O–H groups in total. The predicted molar refractivity (Wildman–Crippen MR) is 85.1 cm³/mol. The van der Waals surface area contributed by atoms with E-state index in [1.54, 1.807) is 7.11 Å². The molecule has 0 saturated heterocycles. The third-order valence-corrected chi connectivity index (χ3v) is 3.25. The highest BCUT2D eigenvalue weighted by Gasteiger charge is 2.11. The molecule has 0 aliphatic carbocycles. The lowest BCUT2D eigenvalue weighted by atomic mass is 10.2. The largest absolute Gasteiger partial charge is 0.489 e. The number of aryl methyl sites for hydroxylation is 1. The van der Waals surface area contributed by atoms with Gasteiger partial charge in [-0.1, -0.05) is 19.9 Å². The van der Waals surface area contributed by atoms with Gasteiger partial charge in [-0.25, -0.2) is 4.79 Å². The molecule has 118 valence electrons. The van der Waals surface area contributed by atoms with Crippen LogP contribution in [0.15, 0.2) is 18.2 Å². The van der Waals surface area contributed by atoms with E-state index in [2.05, 4.69) is 24.5 Å². The van der Waals surface area contributed by atoms with Gasteiger partial charge in [0.1, 0.15) is 12.4 Å². The van der Waals surface area contributed by atoms with E-state index in [1.165, 1.54) is 0 Å². The zero-order valence-corrected chi connectivity index (χ0v) is 13.4. The Labute approximate surface area is 127 Å². The maximum atomic E-state index is 12.0. The maximum Gasteiger partial charge on any atom is 0.319 e. The van der Waals surface area contributed by atoms with Crippen molar-refractivity contribution in [2.45, 2.75) is 39.7 Å². The molecule has 0 fully saturated rings. The fourth-order valence-electron chi connectivity index (χ4n) is 1.92. The Morgan fingerprint density at radius 3 is 2.57 bits per heavy atom. The number of urea groups is 1. The molecule has 1 aromatic rings. The van der Waals surface area contributed by atoms with Gasteiger partial charge < -0.3 is 20.1 Å². The monoisotopic (exact) mass is 294 g/mol. The Balaban J connectivity index is 2.70. The van der Waals surface area contributed by atoms with Crippen LogP contribution in [0.1, 0.15) is 32.3 Å². The number of hydrogen-bond donors (Lipinski definition) is 2. The molecule has 0 aromatic heterocycles. The highest BCUT2D eigenvalue weighted by Crippen LogP contribution is 2.25. The molecule has 1 rings (SSSR count). The third kappa shape index (κ3) is 6.04. The quantitative estimate of drug-likeness (QED) is 0.723. The smallest absolute Gasteiger partial charge is 0.319 e. The zero-order valence-electron chi connectivity index (χ0n) is 13.4. The minimum Gasteiger partial charge on any atom is -0.489 e. The molecule has 21 heavy (non-hydrogen) atoms. The fraction of sp³-hybridized carbons (Fsp3) is 0.562. The molecule has 0 aliphatic rings. The summed E-state index contributed by atoms with van der Waals surface area (Å²) in [6.07, 6.45) is 1.82. The van der Waals surface area contributed by atoms with Crippen LogP contribution in [0.5, 0.6) is 5.75 Å². The van der Waals surface area contributed by atoms with E-state index in [9.17, 15) is 4.79 Å². The normalized spacial score (nSPS) is 10.5. The first-order valence-electron chi connectivity index (χ1n) is 7.40. The van der Waals surface area contributed by atoms with Crippen molar-refractivity contribution in [3.63, 3.8) is 0 Å². The summed E-state index contributed by atoms with van der Waals surface area (Å²) in [6.45, 7) is 7.05. The summed E-state index contributed by atoms with van der Waals surface area (Å²) >= 11 is 0. The second-order valence-electron chi connectivity index (χ2n) is 4.95. The number of amides is 2. The molecule has 0 radical (unpaired) electrons. The first kappa shape index (κ1) is 17.3. The number of rotatable bonds is 8. The van der Waals surface area contributed by atoms with Crippen molar-refractivity contribution in [3.05, 3.63) is 23.8 Å². The zero-order chi connectivity index (χ0) is 15.7. The molecule has 5 heteroatoms. The summed E-state index contributed by atoms with van der Waals surface area (Å²) in [6, 6.07) is 5.68. The summed E-state index contributed by atoms with van der Waals surface area (Å²) in [5, 5.41) is 5.79. The van der Waals surface area contributed by atoms with Crippen molar-refractivity contribution in [3.8, 4) is 5.75 Å². The van der Waals surface area contributed by atoms with Crippen molar-refractivity contribution < 1.29 is 14.3 Å². The van der Waals surface area contributed by atoms with Crippen molar-refractivity contribution in [1.82, 2.24) is 5.32 Å². The van der Waals surface area contributed by atoms with Crippen molar-refractivity contribution in [2.24, 2.45) is 0 Å². The average molecular weight is 294 g/mol. The molecule has 0 saturated carbocycles. The van der Waals surface area contributed by atoms with E-state index in [4.69, 9.17) is 9.47 Å². The molecule has 0 heterocycles. The van der Waals surface area contributed by atoms with E-state index in [-0.39, 0.29) is 12.1 Å². The summed E-state index contributed by atoms with van der Waals surface area (Å²) in [7, 11) is 1.63. The predicted octanol–water partition coefficient (Wildman–Crippen LogP) is 3.33. The fourth-order valence-corrected chi connectivity index (χ4v) is 1.92. The van der Waals surface area contributed by atoms with Crippen LogP contribution in [0.25, 0.3) is 0 Å². The summed E-state index contributed by atoms with van der Waals surface area (Å²) in [4.78, 5) is 12.0. The van der Waals surface area contributed by atoms with Crippen LogP contribution in [0.4, 0.5) is 10.5 Å². The highest BCUT2D eigenvalue weighted by atomic mass is 16.5. The number of nitrogens with one attached hydrogen (secondary N) is 2. The lowest BCUT2D eigenvalue weighted by molar-refractivity contribution is 0.146. The number of hydrogen-bond acceptors (Lipinski definition) is 3. The van der Waals surface area contributed by atoms with Gasteiger partial charge in [0.15, 0.2) is 0 Å². The Morgan fingerprint density at radius 1 is 1.24 bits per heavy atom. The van der Waals surface area contributed by atoms with Crippen LogP contribution < -0.4 is 15.4 Å². The van der Waals surface area contributed by atoms with Crippen LogP contribution in [0.3, 0.4) is 0 Å². The van der Waals surface area contributed by atoms with Gasteiger partial charge in [0.25, 0.3) is 0 Å². The molecular formula is C16H26N2O3. The SMILES string of the molecule is CCC(CC)NC(=O)Nc1ccc(C)cc1OCCOC. The van der Waals surface area contributed by atoms with E-state index in [0.717, 1.165) is 18.4 Å². The minimum atomic E-state index is -0.204. The standard InChI is InChI=1S/C16H26N2O3/c1-5-13(6-2)17-16(19)18-14-8-7-12(3)11-15(14)21-10-9-20-4/h7-8,11,13H,5-6,9-10H2,1-4H3,(H2,17,18,19). The minimum absolute atomic E-state index is 0.188. The maximum absolute atomic E-state index is 12.0. The Morgan fingerprint density at radius 2 is 1.95 bits per heavy atom. The molecular weight excluding hydrogens is 268 g/mol. The average Bonchev–Trinajstić information content (AvgIpc) is 2.47. The Kier molecular flexibility index (Phi) is 7.61. The molecule has 1 aromatic carbocycles. The summed E-state index contributed by atoms with van der Waals surface area (Å²) in [5.41, 5.74) is 1.74. The van der Waals surface area contributed by atoms with Crippen molar-refractivity contribution in [1.29, 1.82) is 0 Å². The number of carbonyl (C=O) groups is 1. The number of methoxy groups -OCH3 is 1. The van der Waals surface area contributed by atoms with Gasteiger partial charge in [0.2, 0.25) is 0 Å². The van der Waals surface area contributed by atoms with Gasteiger partial charge in [-0.05, 0) is 37.5 Å². The topological polar surface area (TPSA) is 59.6 Å². The van der Waals surface area contributed by atoms with Gasteiger partial charge >= 0.3 is 6.03 Å². The molecule has 0 unspecified atom stereocenters. The second-order valence-corrected chi connectivity index (χ2v) is 4.95. The number of ether oxygens (including phenoxy) is 2. The first-order chi connectivity index (χ1) is 10.1. The molecule has 2 amide bonds. The van der Waals surface area contributed by atoms with Crippen LogP contribution >= 0.6 is 0 Å². The summed E-state index contributed by atoms with van der Waals surface area (Å²) < 4.78 is 10.6. The molecule has 0 atom stereocenters. The highest BCUT2D eigenvalue weighted by molar-refractivity contribution is 5.91.